The van der Waals surface area contributed by atoms with Crippen LogP contribution in [0.4, 0.5) is 0 Å². The van der Waals surface area contributed by atoms with E-state index in [1.165, 1.54) is 0 Å². The second-order valence-electron chi connectivity index (χ2n) is 3.23. The largest absolute Gasteiger partial charge is 0.391 e. The van der Waals surface area contributed by atoms with Gasteiger partial charge in [-0.1, -0.05) is 15.9 Å². The van der Waals surface area contributed by atoms with E-state index < -0.39 is 0 Å². The minimum absolute atomic E-state index is 0.0352. The van der Waals surface area contributed by atoms with Crippen molar-refractivity contribution in [3.05, 3.63) is 10.6 Å². The summed E-state index contributed by atoms with van der Waals surface area (Å²) >= 11 is 3.18. The summed E-state index contributed by atoms with van der Waals surface area (Å²) in [5.41, 5.74) is -0.112. The van der Waals surface area contributed by atoms with Gasteiger partial charge in [0.25, 0.3) is 0 Å². The number of hydrogen-bond donors (Lipinski definition) is 1. The molecule has 0 saturated carbocycles. The fourth-order valence-electron chi connectivity index (χ4n) is 0.447. The summed E-state index contributed by atoms with van der Waals surface area (Å²) in [4.78, 5) is 0. The van der Waals surface area contributed by atoms with Crippen LogP contribution in [0, 0.1) is 0 Å². The summed E-state index contributed by atoms with van der Waals surface area (Å²) in [7, 11) is 0. The molecule has 2 nitrogen and oxygen atoms in total. The van der Waals surface area contributed by atoms with Crippen molar-refractivity contribution in [2.45, 2.75) is 26.4 Å². The van der Waals surface area contributed by atoms with Crippen LogP contribution in [0.25, 0.3) is 0 Å². The molecule has 0 saturated heterocycles. The van der Waals surface area contributed by atoms with Crippen LogP contribution in [0.5, 0.6) is 0 Å². The van der Waals surface area contributed by atoms with Gasteiger partial charge in [0, 0.05) is 4.48 Å². The van der Waals surface area contributed by atoms with Crippen molar-refractivity contribution in [1.29, 1.82) is 0 Å². The van der Waals surface area contributed by atoms with Gasteiger partial charge in [0.2, 0.25) is 0 Å². The number of halogens is 1. The number of aliphatic hydroxyl groups excluding tert-OH is 1. The Bertz CT molecular complexity index is 136. The maximum atomic E-state index is 8.59. The van der Waals surface area contributed by atoms with E-state index in [-0.39, 0.29) is 12.2 Å². The molecule has 0 atom stereocenters. The fourth-order valence-corrected chi connectivity index (χ4v) is 0.579. The zero-order valence-electron chi connectivity index (χ0n) is 7.22. The van der Waals surface area contributed by atoms with Gasteiger partial charge in [0.1, 0.15) is 0 Å². The van der Waals surface area contributed by atoms with E-state index in [4.69, 9.17) is 9.84 Å². The molecule has 0 amide bonds. The lowest BCUT2D eigenvalue weighted by atomic mass is 10.2. The van der Waals surface area contributed by atoms with Crippen LogP contribution in [-0.2, 0) is 4.74 Å². The van der Waals surface area contributed by atoms with Crippen LogP contribution in [0.3, 0.4) is 0 Å². The van der Waals surface area contributed by atoms with Crippen molar-refractivity contribution in [3.8, 4) is 0 Å². The first-order valence-corrected chi connectivity index (χ1v) is 4.34. The van der Waals surface area contributed by atoms with Gasteiger partial charge in [0.05, 0.1) is 18.8 Å². The van der Waals surface area contributed by atoms with Crippen molar-refractivity contribution in [3.63, 3.8) is 0 Å². The molecule has 0 fully saturated rings. The SMILES string of the molecule is CC(C)(C)OCC=C(Br)CO. The molecule has 0 aliphatic heterocycles. The minimum Gasteiger partial charge on any atom is -0.391 e. The number of hydrogen-bond acceptors (Lipinski definition) is 2. The predicted molar refractivity (Wildman–Crippen MR) is 49.8 cm³/mol. The minimum atomic E-state index is -0.112. The first kappa shape index (κ1) is 11.1. The van der Waals surface area contributed by atoms with E-state index in [9.17, 15) is 0 Å². The van der Waals surface area contributed by atoms with Gasteiger partial charge < -0.3 is 9.84 Å². The molecule has 0 aromatic heterocycles. The van der Waals surface area contributed by atoms with E-state index >= 15 is 0 Å². The lowest BCUT2D eigenvalue weighted by Gasteiger charge is -2.17. The van der Waals surface area contributed by atoms with Crippen molar-refractivity contribution >= 4 is 15.9 Å². The molecule has 66 valence electrons. The first-order chi connectivity index (χ1) is 4.95. The molecule has 11 heavy (non-hydrogen) atoms. The predicted octanol–water partition coefficient (Wildman–Crippen LogP) is 2.07. The summed E-state index contributed by atoms with van der Waals surface area (Å²) in [6.07, 6.45) is 1.81. The Hall–Kier alpha value is 0.140. The number of ether oxygens (including phenoxy) is 1. The second kappa shape index (κ2) is 4.91. The van der Waals surface area contributed by atoms with Gasteiger partial charge in [-0.15, -0.1) is 0 Å². The maximum absolute atomic E-state index is 8.59. The molecule has 0 spiro atoms. The Kier molecular flexibility index (Phi) is 4.97. The van der Waals surface area contributed by atoms with Gasteiger partial charge in [-0.05, 0) is 26.8 Å². The molecular formula is C8H15BrO2. The summed E-state index contributed by atoms with van der Waals surface area (Å²) in [5, 5.41) is 8.59. The third-order valence-electron chi connectivity index (χ3n) is 0.972. The highest BCUT2D eigenvalue weighted by Gasteiger charge is 2.07. The first-order valence-electron chi connectivity index (χ1n) is 3.55. The van der Waals surface area contributed by atoms with E-state index in [1.807, 2.05) is 26.8 Å². The highest BCUT2D eigenvalue weighted by molar-refractivity contribution is 9.11. The molecule has 0 bridgehead atoms. The molecule has 0 aromatic rings. The molecule has 0 rings (SSSR count). The zero-order valence-corrected chi connectivity index (χ0v) is 8.81. The smallest absolute Gasteiger partial charge is 0.0744 e. The summed E-state index contributed by atoms with van der Waals surface area (Å²) in [6, 6.07) is 0. The molecule has 0 radical (unpaired) electrons. The maximum Gasteiger partial charge on any atom is 0.0744 e. The molecule has 1 N–H and O–H groups in total. The Labute approximate surface area is 76.4 Å². The Balaban J connectivity index is 3.57. The fraction of sp³-hybridized carbons (Fsp3) is 0.750. The van der Waals surface area contributed by atoms with Gasteiger partial charge >= 0.3 is 0 Å². The summed E-state index contributed by atoms with van der Waals surface area (Å²) in [5.74, 6) is 0. The topological polar surface area (TPSA) is 29.5 Å². The van der Waals surface area contributed by atoms with Gasteiger partial charge in [-0.2, -0.15) is 0 Å². The Morgan fingerprint density at radius 1 is 1.55 bits per heavy atom. The monoisotopic (exact) mass is 222 g/mol. The van der Waals surface area contributed by atoms with Crippen LogP contribution in [0.15, 0.2) is 10.6 Å². The number of aliphatic hydroxyl groups is 1. The Morgan fingerprint density at radius 2 is 2.09 bits per heavy atom. The van der Waals surface area contributed by atoms with Crippen LogP contribution in [0.1, 0.15) is 20.8 Å². The molecule has 0 heterocycles. The van der Waals surface area contributed by atoms with E-state index in [0.717, 1.165) is 4.48 Å². The summed E-state index contributed by atoms with van der Waals surface area (Å²) in [6.45, 7) is 6.55. The highest BCUT2D eigenvalue weighted by atomic mass is 79.9. The van der Waals surface area contributed by atoms with Crippen LogP contribution >= 0.6 is 15.9 Å². The molecule has 0 unspecified atom stereocenters. The lowest BCUT2D eigenvalue weighted by molar-refractivity contribution is 0.0147. The van der Waals surface area contributed by atoms with Crippen molar-refractivity contribution < 1.29 is 9.84 Å². The quantitative estimate of drug-likeness (QED) is 0.793. The van der Waals surface area contributed by atoms with Crippen molar-refractivity contribution in [1.82, 2.24) is 0 Å². The third-order valence-corrected chi connectivity index (χ3v) is 1.55. The average molecular weight is 223 g/mol. The van der Waals surface area contributed by atoms with Crippen LogP contribution in [-0.4, -0.2) is 23.9 Å². The van der Waals surface area contributed by atoms with E-state index in [0.29, 0.717) is 6.61 Å². The Morgan fingerprint density at radius 3 is 2.45 bits per heavy atom. The molecule has 0 aromatic carbocycles. The molecule has 0 aliphatic rings. The highest BCUT2D eigenvalue weighted by Crippen LogP contribution is 2.08. The van der Waals surface area contributed by atoms with Gasteiger partial charge in [0.15, 0.2) is 0 Å². The average Bonchev–Trinajstić information content (AvgIpc) is 1.85. The van der Waals surface area contributed by atoms with Crippen LogP contribution in [0.2, 0.25) is 0 Å². The lowest BCUT2D eigenvalue weighted by Crippen LogP contribution is -2.19. The van der Waals surface area contributed by atoms with Gasteiger partial charge in [-0.25, -0.2) is 0 Å². The second-order valence-corrected chi connectivity index (χ2v) is 4.25. The zero-order chi connectivity index (χ0) is 8.91. The normalized spacial score (nSPS) is 13.7. The van der Waals surface area contributed by atoms with Crippen molar-refractivity contribution in [2.75, 3.05) is 13.2 Å². The van der Waals surface area contributed by atoms with E-state index in [2.05, 4.69) is 15.9 Å². The van der Waals surface area contributed by atoms with E-state index in [1.54, 1.807) is 0 Å². The van der Waals surface area contributed by atoms with Crippen molar-refractivity contribution in [2.24, 2.45) is 0 Å². The standard InChI is InChI=1S/C8H15BrO2/c1-8(2,3)11-5-4-7(9)6-10/h4,10H,5-6H2,1-3H3. The van der Waals surface area contributed by atoms with Crippen LogP contribution < -0.4 is 0 Å². The molecule has 0 aliphatic carbocycles. The summed E-state index contributed by atoms with van der Waals surface area (Å²) < 4.78 is 6.15. The molecule has 3 heteroatoms. The molecular weight excluding hydrogens is 208 g/mol. The van der Waals surface area contributed by atoms with Gasteiger partial charge in [-0.3, -0.25) is 0 Å². The number of rotatable bonds is 3. The third kappa shape index (κ3) is 8.04.